The van der Waals surface area contributed by atoms with Crippen molar-refractivity contribution in [1.29, 1.82) is 0 Å². The fourth-order valence-corrected chi connectivity index (χ4v) is 12.6. The molecule has 6 saturated carbocycles. The number of aromatic amines is 1. The highest BCUT2D eigenvalue weighted by Gasteiger charge is 2.34. The van der Waals surface area contributed by atoms with Crippen LogP contribution in [0.3, 0.4) is 0 Å². The largest absolute Gasteiger partial charge is 0.392 e. The predicted octanol–water partition coefficient (Wildman–Crippen LogP) is 17.7. The number of halogens is 3. The molecule has 6 aliphatic rings. The van der Waals surface area contributed by atoms with Gasteiger partial charge in [0.05, 0.1) is 111 Å². The highest BCUT2D eigenvalue weighted by Crippen LogP contribution is 2.48. The second-order valence-corrected chi connectivity index (χ2v) is 25.1. The maximum atomic E-state index is 9.05. The van der Waals surface area contributed by atoms with Crippen LogP contribution in [0.15, 0.2) is 165 Å². The zero-order valence-electron chi connectivity index (χ0n) is 47.2. The average Bonchev–Trinajstić information content (AvgIpc) is 2.49. The van der Waals surface area contributed by atoms with Gasteiger partial charge in [-0.25, -0.2) is 29.9 Å². The molecular weight excluding hydrogens is 1130 g/mol. The number of aliphatic hydroxyl groups is 1. The molecule has 13 nitrogen and oxygen atoms in total. The molecule has 0 atom stereocenters. The summed E-state index contributed by atoms with van der Waals surface area (Å²) in [5, 5.41) is 11.4. The number of imidazole rings is 6. The molecule has 0 bridgehead atoms. The number of aliphatic hydroxyl groups excluding tert-OH is 1. The molecule has 6 aliphatic carbocycles. The number of benzene rings is 6. The molecule has 0 amide bonds. The van der Waals surface area contributed by atoms with E-state index < -0.39 is 0 Å². The molecule has 0 aliphatic heterocycles. The van der Waals surface area contributed by atoms with Crippen molar-refractivity contribution in [3.8, 4) is 33.8 Å². The second-order valence-electron chi connectivity index (χ2n) is 23.9. The van der Waals surface area contributed by atoms with Crippen LogP contribution in [0.2, 0.25) is 15.1 Å². The number of rotatable bonds is 14. The van der Waals surface area contributed by atoms with Crippen LogP contribution in [0, 0.1) is 0 Å². The van der Waals surface area contributed by atoms with E-state index in [1.165, 1.54) is 122 Å². The number of aromatic nitrogens is 12. The lowest BCUT2D eigenvalue weighted by molar-refractivity contribution is 0.282. The number of hydrogen-bond donors (Lipinski definition) is 2. The zero-order valence-corrected chi connectivity index (χ0v) is 49.4. The lowest BCUT2D eigenvalue weighted by Crippen LogP contribution is -2.02. The summed E-state index contributed by atoms with van der Waals surface area (Å²) in [5.41, 5.74) is 20.4. The van der Waals surface area contributed by atoms with Gasteiger partial charge in [-0.05, 0) is 148 Å². The first-order valence-corrected chi connectivity index (χ1v) is 31.3. The van der Waals surface area contributed by atoms with Crippen molar-refractivity contribution < 1.29 is 5.11 Å². The topological polar surface area (TPSA) is 138 Å². The fraction of sp³-hybridized carbons (Fsp3) is 0.314. The molecule has 6 fully saturated rings. The molecule has 0 unspecified atom stereocenters. The summed E-state index contributed by atoms with van der Waals surface area (Å²) in [7, 11) is 0. The summed E-state index contributed by atoms with van der Waals surface area (Å²) in [4.78, 5) is 30.7. The van der Waals surface area contributed by atoms with Crippen molar-refractivity contribution >= 4 is 67.9 Å². The van der Waals surface area contributed by atoms with E-state index in [4.69, 9.17) is 49.9 Å². The Hall–Kier alpha value is -7.81. The number of hydrogen-bond acceptors (Lipinski definition) is 7. The van der Waals surface area contributed by atoms with Crippen LogP contribution in [0.5, 0.6) is 0 Å². The van der Waals surface area contributed by atoms with Crippen LogP contribution in [0.4, 0.5) is 0 Å². The maximum absolute atomic E-state index is 9.05. The molecule has 436 valence electrons. The van der Waals surface area contributed by atoms with Crippen LogP contribution in [0.1, 0.15) is 154 Å². The maximum Gasteiger partial charge on any atom is 0.0960 e. The van der Waals surface area contributed by atoms with Gasteiger partial charge in [0.2, 0.25) is 0 Å². The Morgan fingerprint density at radius 2 is 0.849 bits per heavy atom. The smallest absolute Gasteiger partial charge is 0.0960 e. The summed E-state index contributed by atoms with van der Waals surface area (Å²) in [6.45, 7) is 1.66. The Labute approximate surface area is 515 Å². The van der Waals surface area contributed by atoms with E-state index in [1.54, 1.807) is 6.33 Å². The molecular formula is C70H69Cl3N12O. The van der Waals surface area contributed by atoms with Crippen LogP contribution in [0.25, 0.3) is 66.9 Å². The van der Waals surface area contributed by atoms with Crippen molar-refractivity contribution in [1.82, 2.24) is 57.7 Å². The minimum absolute atomic E-state index is 0. The van der Waals surface area contributed by atoms with Crippen molar-refractivity contribution in [3.05, 3.63) is 214 Å². The number of fused-ring (bicyclic) bond motifs is 3. The van der Waals surface area contributed by atoms with E-state index in [2.05, 4.69) is 102 Å². The summed E-state index contributed by atoms with van der Waals surface area (Å²) < 4.78 is 11.4. The van der Waals surface area contributed by atoms with Gasteiger partial charge in [0, 0.05) is 81.4 Å². The van der Waals surface area contributed by atoms with E-state index >= 15 is 0 Å². The number of H-pyrrole nitrogens is 1. The first kappa shape index (κ1) is 56.0. The van der Waals surface area contributed by atoms with Gasteiger partial charge in [0.15, 0.2) is 0 Å². The predicted molar refractivity (Wildman–Crippen MR) is 345 cm³/mol. The highest BCUT2D eigenvalue weighted by atomic mass is 35.5. The highest BCUT2D eigenvalue weighted by molar-refractivity contribution is 6.34. The van der Waals surface area contributed by atoms with Gasteiger partial charge >= 0.3 is 0 Å². The third-order valence-electron chi connectivity index (χ3n) is 17.3. The fourth-order valence-electron chi connectivity index (χ4n) is 11.9. The second kappa shape index (κ2) is 23.8. The molecule has 18 rings (SSSR count). The Morgan fingerprint density at radius 3 is 1.33 bits per heavy atom. The van der Waals surface area contributed by atoms with Crippen LogP contribution in [-0.4, -0.2) is 62.8 Å². The SMILES string of the molecule is C.Clc1ccccc1-c1c(C2CC2)ncn1Cc1ccc2c(c1)ncn2C1CC1.Clc1ccccc1-c1c(C2CC2)ncn1Cc1ccc2ncn(C3CC3)c2c1.Clc1ccccc1-c1nc[nH]c1C1CC1.OCc1ccc2ncn(C3CC3)c2c1. The van der Waals surface area contributed by atoms with Gasteiger partial charge in [-0.15, -0.1) is 0 Å². The summed E-state index contributed by atoms with van der Waals surface area (Å²) >= 11 is 19.3. The molecule has 16 heteroatoms. The van der Waals surface area contributed by atoms with Gasteiger partial charge in [-0.1, -0.05) is 115 Å². The van der Waals surface area contributed by atoms with Crippen LogP contribution >= 0.6 is 34.8 Å². The van der Waals surface area contributed by atoms with Gasteiger partial charge in [0.25, 0.3) is 0 Å². The summed E-state index contributed by atoms with van der Waals surface area (Å²) in [6, 6.07) is 45.1. The van der Waals surface area contributed by atoms with Crippen molar-refractivity contribution in [3.63, 3.8) is 0 Å². The minimum Gasteiger partial charge on any atom is -0.392 e. The van der Waals surface area contributed by atoms with Crippen LogP contribution < -0.4 is 0 Å². The summed E-state index contributed by atoms with van der Waals surface area (Å²) in [6.07, 6.45) is 26.6. The first-order valence-electron chi connectivity index (χ1n) is 30.2. The third-order valence-corrected chi connectivity index (χ3v) is 18.3. The lowest BCUT2D eigenvalue weighted by Gasteiger charge is -2.12. The molecule has 6 heterocycles. The average molecular weight is 1200 g/mol. The van der Waals surface area contributed by atoms with E-state index in [0.29, 0.717) is 35.9 Å². The van der Waals surface area contributed by atoms with E-state index in [0.717, 1.165) is 83.9 Å². The molecule has 0 saturated heterocycles. The Kier molecular flexibility index (Phi) is 15.5. The van der Waals surface area contributed by atoms with E-state index in [-0.39, 0.29) is 14.0 Å². The normalized spacial score (nSPS) is 16.3. The van der Waals surface area contributed by atoms with Crippen molar-refractivity contribution in [2.75, 3.05) is 0 Å². The number of nitrogens with one attached hydrogen (secondary N) is 1. The molecule has 12 aromatic rings. The Balaban J connectivity index is 0.000000106. The first-order chi connectivity index (χ1) is 41.8. The quantitative estimate of drug-likeness (QED) is 0.111. The Bertz CT molecular complexity index is 4390. The third kappa shape index (κ3) is 11.8. The molecule has 0 radical (unpaired) electrons. The van der Waals surface area contributed by atoms with E-state index in [9.17, 15) is 0 Å². The minimum atomic E-state index is 0. The van der Waals surface area contributed by atoms with Gasteiger partial charge in [-0.3, -0.25) is 0 Å². The summed E-state index contributed by atoms with van der Waals surface area (Å²) in [5.74, 6) is 1.81. The van der Waals surface area contributed by atoms with Crippen molar-refractivity contribution in [2.45, 2.75) is 140 Å². The van der Waals surface area contributed by atoms with Gasteiger partial charge in [-0.2, -0.15) is 0 Å². The standard InChI is InChI=1S/2C23H21ClN4.C12H11ClN2.C11H12N2O.CH4/c24-19-4-2-1-3-18(19)23-22(16-6-7-16)26-13-27(23)12-15-5-10-21-20(11-15)25-14-28(21)17-8-9-17;24-19-4-2-1-3-18(19)23-22(16-6-7-16)26-13-27(23)12-15-5-10-20-21(11-15)28(14-25-20)17-8-9-17;13-10-4-2-1-3-9(10)12-11(8-5-6-8)14-7-15-12;14-6-8-1-4-10-11(5-8)13(7-12-10)9-2-3-9;/h2*1-5,10-11,13-14,16-17H,6-9,12H2;1-4,7-8H,5-6H2,(H,14,15);1,4-5,7,9,14H,2-3,6H2;1H4. The monoisotopic (exact) mass is 1200 g/mol. The molecule has 2 N–H and O–H groups in total. The number of nitrogens with zero attached hydrogens (tertiary/aromatic N) is 11. The molecule has 86 heavy (non-hydrogen) atoms. The van der Waals surface area contributed by atoms with Crippen molar-refractivity contribution in [2.24, 2.45) is 0 Å². The van der Waals surface area contributed by atoms with Gasteiger partial charge in [0.1, 0.15) is 0 Å². The molecule has 6 aromatic carbocycles. The van der Waals surface area contributed by atoms with E-state index in [1.807, 2.05) is 104 Å². The zero-order chi connectivity index (χ0) is 57.1. The molecule has 6 aromatic heterocycles. The van der Waals surface area contributed by atoms with Crippen LogP contribution in [-0.2, 0) is 19.7 Å². The Morgan fingerprint density at radius 1 is 0.419 bits per heavy atom. The van der Waals surface area contributed by atoms with Gasteiger partial charge < -0.3 is 32.9 Å². The molecule has 0 spiro atoms. The lowest BCUT2D eigenvalue weighted by atomic mass is 10.1.